The Morgan fingerprint density at radius 1 is 1.00 bits per heavy atom. The fraction of sp³-hybridized carbons (Fsp3) is 0.250. The van der Waals surface area contributed by atoms with Crippen molar-refractivity contribution in [3.63, 3.8) is 0 Å². The maximum Gasteiger partial charge on any atom is 0.341 e. The van der Waals surface area contributed by atoms with Crippen molar-refractivity contribution in [1.29, 1.82) is 0 Å². The molecule has 96 valence electrons. The number of rotatable bonds is 4. The minimum Gasteiger partial charge on any atom is -0.399 e. The van der Waals surface area contributed by atoms with Gasteiger partial charge in [0.1, 0.15) is 0 Å². The highest BCUT2D eigenvalue weighted by atomic mass is 31.2. The zero-order chi connectivity index (χ0) is 13.3. The molecule has 0 aromatic heterocycles. The first kappa shape index (κ1) is 14.4. The van der Waals surface area contributed by atoms with E-state index in [9.17, 15) is 9.13 Å². The highest BCUT2D eigenvalue weighted by Gasteiger charge is 2.43. The highest BCUT2D eigenvalue weighted by Crippen LogP contribution is 2.60. The maximum atomic E-state index is 11.0. The van der Waals surface area contributed by atoms with Crippen LogP contribution in [0.25, 0.3) is 0 Å². The molecule has 0 fully saturated rings. The van der Waals surface area contributed by atoms with Crippen LogP contribution in [-0.2, 0) is 15.6 Å². The van der Waals surface area contributed by atoms with Crippen LogP contribution in [0.2, 0.25) is 0 Å². The van der Waals surface area contributed by atoms with Gasteiger partial charge >= 0.3 is 15.2 Å². The fourth-order valence-electron chi connectivity index (χ4n) is 1.30. The van der Waals surface area contributed by atoms with Crippen molar-refractivity contribution in [1.82, 2.24) is 0 Å². The topological polar surface area (TPSA) is 141 Å². The molecule has 0 heterocycles. The largest absolute Gasteiger partial charge is 0.399 e. The van der Waals surface area contributed by atoms with Gasteiger partial charge in [-0.25, -0.2) is 0 Å². The summed E-state index contributed by atoms with van der Waals surface area (Å²) in [4.78, 5) is 35.7. The van der Waals surface area contributed by atoms with E-state index in [1.165, 1.54) is 24.3 Å². The predicted octanol–water partition coefficient (Wildman–Crippen LogP) is 0.493. The van der Waals surface area contributed by atoms with Crippen LogP contribution in [0.15, 0.2) is 24.3 Å². The monoisotopic (exact) mass is 281 g/mol. The van der Waals surface area contributed by atoms with Crippen molar-refractivity contribution >= 4 is 20.9 Å². The summed E-state index contributed by atoms with van der Waals surface area (Å²) in [5.74, 6) is 0. The van der Waals surface area contributed by atoms with Crippen LogP contribution in [0.3, 0.4) is 0 Å². The van der Waals surface area contributed by atoms with E-state index in [4.69, 9.17) is 25.3 Å². The Hall–Kier alpha value is -0.680. The van der Waals surface area contributed by atoms with Gasteiger partial charge in [-0.05, 0) is 24.1 Å². The van der Waals surface area contributed by atoms with Crippen molar-refractivity contribution in [3.05, 3.63) is 29.8 Å². The summed E-state index contributed by atoms with van der Waals surface area (Å²) < 4.78 is 22.1. The summed E-state index contributed by atoms with van der Waals surface area (Å²) >= 11 is 0. The average Bonchev–Trinajstić information content (AvgIpc) is 2.13. The Kier molecular flexibility index (Phi) is 4.15. The average molecular weight is 281 g/mol. The summed E-state index contributed by atoms with van der Waals surface area (Å²) in [7, 11) is -9.74. The van der Waals surface area contributed by atoms with E-state index in [2.05, 4.69) is 0 Å². The molecule has 0 unspecified atom stereocenters. The first-order valence-corrected chi connectivity index (χ1v) is 7.92. The number of nitrogen functional groups attached to an aromatic ring is 1. The van der Waals surface area contributed by atoms with Gasteiger partial charge in [0.25, 0.3) is 0 Å². The molecule has 1 rings (SSSR count). The molecule has 0 amide bonds. The second-order valence-corrected chi connectivity index (χ2v) is 7.61. The van der Waals surface area contributed by atoms with Crippen molar-refractivity contribution in [2.24, 2.45) is 0 Å². The molecule has 0 spiro atoms. The smallest absolute Gasteiger partial charge is 0.341 e. The molecule has 0 radical (unpaired) electrons. The second kappa shape index (κ2) is 4.90. The van der Waals surface area contributed by atoms with E-state index in [-0.39, 0.29) is 0 Å². The van der Waals surface area contributed by atoms with E-state index in [1.807, 2.05) is 0 Å². The fourth-order valence-corrected chi connectivity index (χ4v) is 3.76. The summed E-state index contributed by atoms with van der Waals surface area (Å²) in [6, 6.07) is 5.92. The molecule has 1 aromatic carbocycles. The molecular formula is C8H13NO6P2. The van der Waals surface area contributed by atoms with Crippen LogP contribution in [-0.4, -0.2) is 25.0 Å². The van der Waals surface area contributed by atoms with Crippen molar-refractivity contribution in [2.45, 2.75) is 11.8 Å². The van der Waals surface area contributed by atoms with Crippen LogP contribution in [0.5, 0.6) is 0 Å². The molecule has 0 aliphatic carbocycles. The van der Waals surface area contributed by atoms with Gasteiger partial charge in [0.2, 0.25) is 0 Å². The lowest BCUT2D eigenvalue weighted by molar-refractivity contribution is 0.338. The van der Waals surface area contributed by atoms with Gasteiger partial charge in [0.15, 0.2) is 5.40 Å². The number of hydrogen-bond donors (Lipinski definition) is 5. The third kappa shape index (κ3) is 4.24. The molecule has 9 heteroatoms. The van der Waals surface area contributed by atoms with Gasteiger partial charge in [-0.3, -0.25) is 9.13 Å². The molecule has 0 saturated carbocycles. The summed E-state index contributed by atoms with van der Waals surface area (Å²) in [5.41, 5.74) is 6.28. The van der Waals surface area contributed by atoms with Crippen molar-refractivity contribution in [2.75, 3.05) is 5.73 Å². The molecule has 0 saturated heterocycles. The first-order chi connectivity index (χ1) is 7.60. The summed E-state index contributed by atoms with van der Waals surface area (Å²) in [5, 5.41) is -2.02. The predicted molar refractivity (Wildman–Crippen MR) is 62.4 cm³/mol. The first-order valence-electron chi connectivity index (χ1n) is 4.55. The molecule has 0 atom stereocenters. The number of anilines is 1. The van der Waals surface area contributed by atoms with Crippen molar-refractivity contribution < 1.29 is 28.7 Å². The van der Waals surface area contributed by atoms with E-state index in [0.29, 0.717) is 11.3 Å². The Morgan fingerprint density at radius 2 is 1.41 bits per heavy atom. The zero-order valence-corrected chi connectivity index (χ0v) is 10.5. The maximum absolute atomic E-state index is 11.0. The Morgan fingerprint density at radius 3 is 1.76 bits per heavy atom. The molecular weight excluding hydrogens is 268 g/mol. The minimum atomic E-state index is -4.87. The number of benzene rings is 1. The van der Waals surface area contributed by atoms with Crippen LogP contribution in [0, 0.1) is 0 Å². The quantitative estimate of drug-likeness (QED) is 0.399. The molecule has 17 heavy (non-hydrogen) atoms. The minimum absolute atomic E-state index is 0.399. The third-order valence-corrected chi connectivity index (χ3v) is 5.90. The Bertz CT molecular complexity index is 453. The number of hydrogen-bond acceptors (Lipinski definition) is 3. The molecule has 0 bridgehead atoms. The molecule has 1 aromatic rings. The zero-order valence-electron chi connectivity index (χ0n) is 8.67. The van der Waals surface area contributed by atoms with Gasteiger partial charge in [0.05, 0.1) is 0 Å². The molecule has 7 nitrogen and oxygen atoms in total. The van der Waals surface area contributed by atoms with Crippen molar-refractivity contribution in [3.8, 4) is 0 Å². The Labute approximate surface area is 97.6 Å². The second-order valence-electron chi connectivity index (χ2n) is 3.60. The third-order valence-electron chi connectivity index (χ3n) is 2.17. The van der Waals surface area contributed by atoms with Gasteiger partial charge < -0.3 is 25.3 Å². The van der Waals surface area contributed by atoms with Gasteiger partial charge in [0, 0.05) is 5.69 Å². The van der Waals surface area contributed by atoms with Gasteiger partial charge in [-0.15, -0.1) is 0 Å². The Balaban J connectivity index is 3.00. The summed E-state index contributed by atoms with van der Waals surface area (Å²) in [6.45, 7) is 0. The SMILES string of the molecule is Nc1ccc(CC(P(=O)(O)O)P(=O)(O)O)cc1. The van der Waals surface area contributed by atoms with E-state index < -0.39 is 27.0 Å². The van der Waals surface area contributed by atoms with E-state index >= 15 is 0 Å². The number of nitrogens with two attached hydrogens (primary N) is 1. The van der Waals surface area contributed by atoms with Crippen LogP contribution < -0.4 is 5.73 Å². The lowest BCUT2D eigenvalue weighted by Gasteiger charge is -2.19. The normalized spacial score (nSPS) is 13.0. The van der Waals surface area contributed by atoms with Crippen LogP contribution in [0.1, 0.15) is 5.56 Å². The highest BCUT2D eigenvalue weighted by molar-refractivity contribution is 7.70. The summed E-state index contributed by atoms with van der Waals surface area (Å²) in [6.07, 6.45) is -0.408. The van der Waals surface area contributed by atoms with Gasteiger partial charge in [-0.2, -0.15) is 0 Å². The molecule has 0 aliphatic rings. The molecule has 0 aliphatic heterocycles. The lowest BCUT2D eigenvalue weighted by Crippen LogP contribution is -2.12. The van der Waals surface area contributed by atoms with E-state index in [0.717, 1.165) is 0 Å². The van der Waals surface area contributed by atoms with Gasteiger partial charge in [-0.1, -0.05) is 12.1 Å². The lowest BCUT2D eigenvalue weighted by atomic mass is 10.1. The van der Waals surface area contributed by atoms with E-state index in [1.54, 1.807) is 0 Å². The van der Waals surface area contributed by atoms with Crippen LogP contribution in [0.4, 0.5) is 5.69 Å². The standard InChI is InChI=1S/C8H13NO6P2/c9-7-3-1-6(2-4-7)5-8(16(10,11)12)17(13,14)15/h1-4,8H,5,9H2,(H2,10,11,12)(H2,13,14,15). The molecule has 6 N–H and O–H groups in total. The van der Waals surface area contributed by atoms with Crippen LogP contribution >= 0.6 is 15.2 Å².